The molecular weight excluding hydrogens is 313 g/mol. The monoisotopic (exact) mass is 327 g/mol. The standard InChI is InChI=1S/C13H15Cl2N5O/c1-7-3-4-9(14)13(12(7)15)17-11(21)6-20-5-10(8(2)16)18-19-20/h3-5,8H,6,16H2,1-2H3,(H,17,21). The number of halogens is 2. The summed E-state index contributed by atoms with van der Waals surface area (Å²) in [6.07, 6.45) is 1.63. The van der Waals surface area contributed by atoms with E-state index in [0.717, 1.165) is 5.56 Å². The minimum Gasteiger partial charge on any atom is -0.323 e. The molecule has 0 saturated carbocycles. The number of aryl methyl sites for hydroxylation is 1. The lowest BCUT2D eigenvalue weighted by molar-refractivity contribution is -0.116. The summed E-state index contributed by atoms with van der Waals surface area (Å²) in [7, 11) is 0. The lowest BCUT2D eigenvalue weighted by Gasteiger charge is -2.10. The molecule has 0 radical (unpaired) electrons. The first-order chi connectivity index (χ1) is 9.88. The molecule has 1 amide bonds. The average Bonchev–Trinajstić information content (AvgIpc) is 2.88. The molecule has 0 aliphatic rings. The van der Waals surface area contributed by atoms with Crippen molar-refractivity contribution in [2.75, 3.05) is 5.32 Å². The molecule has 8 heteroatoms. The summed E-state index contributed by atoms with van der Waals surface area (Å²) in [4.78, 5) is 12.0. The highest BCUT2D eigenvalue weighted by atomic mass is 35.5. The van der Waals surface area contributed by atoms with E-state index in [9.17, 15) is 4.79 Å². The fourth-order valence-electron chi connectivity index (χ4n) is 1.70. The van der Waals surface area contributed by atoms with Gasteiger partial charge in [-0.1, -0.05) is 34.5 Å². The topological polar surface area (TPSA) is 85.8 Å². The van der Waals surface area contributed by atoms with Crippen molar-refractivity contribution in [1.29, 1.82) is 0 Å². The van der Waals surface area contributed by atoms with Gasteiger partial charge in [0.1, 0.15) is 6.54 Å². The number of nitrogens with one attached hydrogen (secondary N) is 1. The van der Waals surface area contributed by atoms with Gasteiger partial charge in [0.05, 0.1) is 27.6 Å². The Bertz CT molecular complexity index is 669. The Morgan fingerprint density at radius 1 is 1.48 bits per heavy atom. The lowest BCUT2D eigenvalue weighted by Crippen LogP contribution is -2.19. The van der Waals surface area contributed by atoms with E-state index < -0.39 is 0 Å². The first kappa shape index (κ1) is 15.8. The summed E-state index contributed by atoms with van der Waals surface area (Å²) in [6.45, 7) is 3.63. The number of rotatable bonds is 4. The molecule has 2 rings (SSSR count). The number of aromatic nitrogens is 3. The smallest absolute Gasteiger partial charge is 0.246 e. The van der Waals surface area contributed by atoms with Crippen molar-refractivity contribution in [3.63, 3.8) is 0 Å². The predicted molar refractivity (Wildman–Crippen MR) is 82.5 cm³/mol. The van der Waals surface area contributed by atoms with E-state index in [1.807, 2.05) is 6.92 Å². The molecule has 1 heterocycles. The number of nitrogens with two attached hydrogens (primary N) is 1. The van der Waals surface area contributed by atoms with Crippen LogP contribution in [0.1, 0.15) is 24.2 Å². The van der Waals surface area contributed by atoms with Gasteiger partial charge in [-0.3, -0.25) is 4.79 Å². The average molecular weight is 328 g/mol. The van der Waals surface area contributed by atoms with Gasteiger partial charge < -0.3 is 11.1 Å². The Kier molecular flexibility index (Phi) is 4.82. The molecule has 1 atom stereocenters. The number of anilines is 1. The maximum atomic E-state index is 12.0. The van der Waals surface area contributed by atoms with E-state index in [0.29, 0.717) is 21.4 Å². The molecule has 0 fully saturated rings. The van der Waals surface area contributed by atoms with E-state index in [4.69, 9.17) is 28.9 Å². The van der Waals surface area contributed by atoms with Crippen molar-refractivity contribution in [1.82, 2.24) is 15.0 Å². The van der Waals surface area contributed by atoms with Crippen LogP contribution >= 0.6 is 23.2 Å². The van der Waals surface area contributed by atoms with Crippen LogP contribution in [0.4, 0.5) is 5.69 Å². The third kappa shape index (κ3) is 3.72. The number of carbonyl (C=O) groups is 1. The van der Waals surface area contributed by atoms with Gasteiger partial charge in [0.2, 0.25) is 5.91 Å². The number of amides is 1. The van der Waals surface area contributed by atoms with Crippen molar-refractivity contribution in [2.45, 2.75) is 26.4 Å². The second-order valence-electron chi connectivity index (χ2n) is 4.73. The second kappa shape index (κ2) is 6.43. The van der Waals surface area contributed by atoms with Gasteiger partial charge in [0.25, 0.3) is 0 Å². The molecule has 0 aliphatic carbocycles. The maximum absolute atomic E-state index is 12.0. The molecule has 0 spiro atoms. The summed E-state index contributed by atoms with van der Waals surface area (Å²) in [5.74, 6) is -0.300. The fraction of sp³-hybridized carbons (Fsp3) is 0.308. The van der Waals surface area contributed by atoms with Crippen LogP contribution in [0.15, 0.2) is 18.3 Å². The van der Waals surface area contributed by atoms with Gasteiger partial charge in [-0.2, -0.15) is 0 Å². The van der Waals surface area contributed by atoms with Crippen molar-refractivity contribution in [2.24, 2.45) is 5.73 Å². The third-order valence-corrected chi connectivity index (χ3v) is 3.68. The summed E-state index contributed by atoms with van der Waals surface area (Å²) < 4.78 is 1.41. The number of hydrogen-bond donors (Lipinski definition) is 2. The first-order valence-corrected chi connectivity index (χ1v) is 7.04. The van der Waals surface area contributed by atoms with E-state index in [1.54, 1.807) is 25.3 Å². The molecule has 3 N–H and O–H groups in total. The largest absolute Gasteiger partial charge is 0.323 e. The first-order valence-electron chi connectivity index (χ1n) is 6.28. The van der Waals surface area contributed by atoms with Crippen LogP contribution in [-0.4, -0.2) is 20.9 Å². The predicted octanol–water partition coefficient (Wildman–Crippen LogP) is 2.55. The quantitative estimate of drug-likeness (QED) is 0.903. The zero-order valence-electron chi connectivity index (χ0n) is 11.6. The lowest BCUT2D eigenvalue weighted by atomic mass is 10.2. The normalized spacial score (nSPS) is 12.2. The number of nitrogens with zero attached hydrogens (tertiary/aromatic N) is 3. The van der Waals surface area contributed by atoms with Crippen LogP contribution in [0, 0.1) is 6.92 Å². The van der Waals surface area contributed by atoms with Gasteiger partial charge in [-0.25, -0.2) is 4.68 Å². The molecule has 1 unspecified atom stereocenters. The maximum Gasteiger partial charge on any atom is 0.246 e. The summed E-state index contributed by atoms with van der Waals surface area (Å²) in [5, 5.41) is 11.2. The van der Waals surface area contributed by atoms with E-state index in [1.165, 1.54) is 4.68 Å². The van der Waals surface area contributed by atoms with Gasteiger partial charge in [0.15, 0.2) is 0 Å². The molecule has 1 aromatic carbocycles. The molecule has 6 nitrogen and oxygen atoms in total. The SMILES string of the molecule is Cc1ccc(Cl)c(NC(=O)Cn2cc(C(C)N)nn2)c1Cl. The van der Waals surface area contributed by atoms with Gasteiger partial charge >= 0.3 is 0 Å². The molecule has 21 heavy (non-hydrogen) atoms. The summed E-state index contributed by atoms with van der Waals surface area (Å²) in [6, 6.07) is 3.23. The molecular formula is C13H15Cl2N5O. The van der Waals surface area contributed by atoms with Crippen molar-refractivity contribution in [3.8, 4) is 0 Å². The Morgan fingerprint density at radius 2 is 2.19 bits per heavy atom. The highest BCUT2D eigenvalue weighted by Crippen LogP contribution is 2.32. The van der Waals surface area contributed by atoms with Crippen LogP contribution < -0.4 is 11.1 Å². The molecule has 0 aliphatic heterocycles. The van der Waals surface area contributed by atoms with Crippen LogP contribution in [0.25, 0.3) is 0 Å². The Labute approximate surface area is 132 Å². The van der Waals surface area contributed by atoms with Gasteiger partial charge in [-0.15, -0.1) is 5.10 Å². The van der Waals surface area contributed by atoms with Crippen molar-refractivity contribution in [3.05, 3.63) is 39.6 Å². The molecule has 0 saturated heterocycles. The number of benzene rings is 1. The Balaban J connectivity index is 2.10. The molecule has 2 aromatic rings. The van der Waals surface area contributed by atoms with Gasteiger partial charge in [-0.05, 0) is 25.5 Å². The fourth-order valence-corrected chi connectivity index (χ4v) is 2.16. The van der Waals surface area contributed by atoms with Crippen LogP contribution in [-0.2, 0) is 11.3 Å². The summed E-state index contributed by atoms with van der Waals surface area (Å²) in [5.41, 5.74) is 7.54. The molecule has 0 bridgehead atoms. The van der Waals surface area contributed by atoms with Crippen LogP contribution in [0.5, 0.6) is 0 Å². The van der Waals surface area contributed by atoms with E-state index in [-0.39, 0.29) is 18.5 Å². The van der Waals surface area contributed by atoms with Crippen molar-refractivity contribution < 1.29 is 4.79 Å². The zero-order chi connectivity index (χ0) is 15.6. The van der Waals surface area contributed by atoms with E-state index >= 15 is 0 Å². The molecule has 1 aromatic heterocycles. The van der Waals surface area contributed by atoms with E-state index in [2.05, 4.69) is 15.6 Å². The van der Waals surface area contributed by atoms with Crippen molar-refractivity contribution >= 4 is 34.8 Å². The minimum absolute atomic E-state index is 0.000317. The number of carbonyl (C=O) groups excluding carboxylic acids is 1. The molecule has 112 valence electrons. The van der Waals surface area contributed by atoms with Crippen LogP contribution in [0.2, 0.25) is 10.0 Å². The van der Waals surface area contributed by atoms with Gasteiger partial charge in [0, 0.05) is 6.04 Å². The second-order valence-corrected chi connectivity index (χ2v) is 5.52. The highest BCUT2D eigenvalue weighted by Gasteiger charge is 2.13. The summed E-state index contributed by atoms with van der Waals surface area (Å²) >= 11 is 12.2. The van der Waals surface area contributed by atoms with Crippen LogP contribution in [0.3, 0.4) is 0 Å². The Morgan fingerprint density at radius 3 is 2.81 bits per heavy atom. The third-order valence-electron chi connectivity index (χ3n) is 2.88. The Hall–Kier alpha value is -1.63. The highest BCUT2D eigenvalue weighted by molar-refractivity contribution is 6.40. The minimum atomic E-state index is -0.300. The zero-order valence-corrected chi connectivity index (χ0v) is 13.1. The number of hydrogen-bond acceptors (Lipinski definition) is 4.